The van der Waals surface area contributed by atoms with Gasteiger partial charge in [0, 0.05) is 12.4 Å². The molecule has 0 atom stereocenters. The highest BCUT2D eigenvalue weighted by Gasteiger charge is 2.17. The molecular weight excluding hydrogens is 260 g/mol. The minimum atomic E-state index is -0.586. The van der Waals surface area contributed by atoms with Crippen molar-refractivity contribution in [3.05, 3.63) is 18.0 Å². The van der Waals surface area contributed by atoms with Crippen molar-refractivity contribution in [1.29, 1.82) is 0 Å². The number of aryl methyl sites for hydroxylation is 1. The van der Waals surface area contributed by atoms with E-state index >= 15 is 0 Å². The molecule has 1 amide bonds. The zero-order chi connectivity index (χ0) is 14.9. The maximum absolute atomic E-state index is 11.7. The second kappa shape index (κ2) is 5.09. The highest BCUT2D eigenvalue weighted by molar-refractivity contribution is 5.89. The first-order chi connectivity index (χ1) is 9.30. The number of carbonyl (C=O) groups is 1. The Kier molecular flexibility index (Phi) is 3.63. The lowest BCUT2D eigenvalue weighted by Gasteiger charge is -2.19. The van der Waals surface area contributed by atoms with Crippen molar-refractivity contribution in [3.63, 3.8) is 0 Å². The summed E-state index contributed by atoms with van der Waals surface area (Å²) in [4.78, 5) is 15.9. The molecular formula is C13H18N4O3. The van der Waals surface area contributed by atoms with Gasteiger partial charge in [-0.1, -0.05) is 0 Å². The van der Waals surface area contributed by atoms with Crippen LogP contribution in [0.4, 0.5) is 10.6 Å². The number of anilines is 1. The van der Waals surface area contributed by atoms with Gasteiger partial charge in [-0.05, 0) is 26.8 Å². The molecule has 2 rings (SSSR count). The van der Waals surface area contributed by atoms with Crippen LogP contribution in [0.2, 0.25) is 0 Å². The van der Waals surface area contributed by atoms with Gasteiger partial charge in [0.25, 0.3) is 0 Å². The van der Waals surface area contributed by atoms with Gasteiger partial charge in [-0.3, -0.25) is 10.00 Å². The lowest BCUT2D eigenvalue weighted by molar-refractivity contribution is 0.0635. The van der Waals surface area contributed by atoms with Gasteiger partial charge in [0.2, 0.25) is 0 Å². The summed E-state index contributed by atoms with van der Waals surface area (Å²) in [6, 6.07) is 1.69. The fourth-order valence-corrected chi connectivity index (χ4v) is 1.87. The molecule has 0 aliphatic heterocycles. The number of hydrogen-bond acceptors (Lipinski definition) is 5. The van der Waals surface area contributed by atoms with Crippen LogP contribution >= 0.6 is 0 Å². The average molecular weight is 278 g/mol. The van der Waals surface area contributed by atoms with Crippen molar-refractivity contribution in [2.45, 2.75) is 33.0 Å². The highest BCUT2D eigenvalue weighted by atomic mass is 16.6. The molecule has 108 valence electrons. The van der Waals surface area contributed by atoms with Gasteiger partial charge in [-0.15, -0.1) is 0 Å². The Morgan fingerprint density at radius 3 is 2.80 bits per heavy atom. The molecule has 0 fully saturated rings. The predicted octanol–water partition coefficient (Wildman–Crippen LogP) is 1.81. The number of ether oxygens (including phenoxy) is 1. The van der Waals surface area contributed by atoms with Gasteiger partial charge in [0.1, 0.15) is 11.4 Å². The van der Waals surface area contributed by atoms with Crippen molar-refractivity contribution in [2.24, 2.45) is 7.05 Å². The number of aliphatic hydroxyl groups excluding tert-OH is 1. The fourth-order valence-electron chi connectivity index (χ4n) is 1.87. The number of amides is 1. The summed E-state index contributed by atoms with van der Waals surface area (Å²) in [5.74, 6) is 0.323. The molecule has 0 saturated heterocycles. The third-order valence-corrected chi connectivity index (χ3v) is 2.57. The van der Waals surface area contributed by atoms with Gasteiger partial charge >= 0.3 is 6.09 Å². The van der Waals surface area contributed by atoms with Crippen molar-refractivity contribution in [1.82, 2.24) is 14.8 Å². The van der Waals surface area contributed by atoms with E-state index in [0.717, 1.165) is 10.9 Å². The molecule has 0 aliphatic rings. The SMILES string of the molecule is Cn1ncc2cc(NC(=O)OC(C)(C)C)nc(CO)c21. The second-order valence-corrected chi connectivity index (χ2v) is 5.45. The van der Waals surface area contributed by atoms with Crippen LogP contribution in [0.1, 0.15) is 26.5 Å². The van der Waals surface area contributed by atoms with E-state index in [1.807, 2.05) is 0 Å². The number of nitrogens with zero attached hydrogens (tertiary/aromatic N) is 3. The van der Waals surface area contributed by atoms with Crippen LogP contribution in [-0.2, 0) is 18.4 Å². The Bertz CT molecular complexity index is 643. The molecule has 0 aromatic carbocycles. The summed E-state index contributed by atoms with van der Waals surface area (Å²) in [5.41, 5.74) is 0.609. The minimum absolute atomic E-state index is 0.236. The lowest BCUT2D eigenvalue weighted by atomic mass is 10.2. The first-order valence-electron chi connectivity index (χ1n) is 6.22. The zero-order valence-electron chi connectivity index (χ0n) is 12.0. The zero-order valence-corrected chi connectivity index (χ0v) is 12.0. The number of pyridine rings is 1. The third kappa shape index (κ3) is 3.05. The number of rotatable bonds is 2. The predicted molar refractivity (Wildman–Crippen MR) is 74.3 cm³/mol. The number of fused-ring (bicyclic) bond motifs is 1. The van der Waals surface area contributed by atoms with Crippen molar-refractivity contribution in [3.8, 4) is 0 Å². The molecule has 0 spiro atoms. The molecule has 2 N–H and O–H groups in total. The van der Waals surface area contributed by atoms with Crippen molar-refractivity contribution in [2.75, 3.05) is 5.32 Å². The van der Waals surface area contributed by atoms with Crippen LogP contribution in [0, 0.1) is 0 Å². The summed E-state index contributed by atoms with van der Waals surface area (Å²) < 4.78 is 6.79. The second-order valence-electron chi connectivity index (χ2n) is 5.45. The third-order valence-electron chi connectivity index (χ3n) is 2.57. The highest BCUT2D eigenvalue weighted by Crippen LogP contribution is 2.21. The number of carbonyl (C=O) groups excluding carboxylic acids is 1. The van der Waals surface area contributed by atoms with Crippen LogP contribution in [0.15, 0.2) is 12.3 Å². The molecule has 0 radical (unpaired) electrons. The van der Waals surface area contributed by atoms with Gasteiger partial charge < -0.3 is 9.84 Å². The Hall–Kier alpha value is -2.15. The van der Waals surface area contributed by atoms with E-state index in [4.69, 9.17) is 4.74 Å². The van der Waals surface area contributed by atoms with Gasteiger partial charge in [0.05, 0.1) is 24.0 Å². The number of hydrogen-bond donors (Lipinski definition) is 2. The smallest absolute Gasteiger partial charge is 0.413 e. The molecule has 0 unspecified atom stereocenters. The van der Waals surface area contributed by atoms with Gasteiger partial charge in [-0.25, -0.2) is 9.78 Å². The van der Waals surface area contributed by atoms with Crippen molar-refractivity contribution >= 4 is 22.8 Å². The van der Waals surface area contributed by atoms with E-state index in [1.165, 1.54) is 0 Å². The molecule has 0 bridgehead atoms. The number of nitrogens with one attached hydrogen (secondary N) is 1. The van der Waals surface area contributed by atoms with Crippen LogP contribution in [0.3, 0.4) is 0 Å². The molecule has 2 aromatic heterocycles. The molecule has 2 heterocycles. The maximum Gasteiger partial charge on any atom is 0.413 e. The summed E-state index contributed by atoms with van der Waals surface area (Å²) in [5, 5.41) is 16.8. The van der Waals surface area contributed by atoms with E-state index in [9.17, 15) is 9.90 Å². The monoisotopic (exact) mass is 278 g/mol. The van der Waals surface area contributed by atoms with E-state index in [-0.39, 0.29) is 6.61 Å². The number of aromatic nitrogens is 3. The Morgan fingerprint density at radius 2 is 2.20 bits per heavy atom. The molecule has 20 heavy (non-hydrogen) atoms. The van der Waals surface area contributed by atoms with Crippen LogP contribution in [-0.4, -0.2) is 31.6 Å². The van der Waals surface area contributed by atoms with E-state index in [0.29, 0.717) is 11.5 Å². The van der Waals surface area contributed by atoms with Crippen LogP contribution in [0.25, 0.3) is 10.9 Å². The van der Waals surface area contributed by atoms with E-state index in [2.05, 4.69) is 15.4 Å². The average Bonchev–Trinajstić information content (AvgIpc) is 2.67. The normalized spacial score (nSPS) is 11.7. The Labute approximate surface area is 116 Å². The topological polar surface area (TPSA) is 89.3 Å². The molecule has 2 aromatic rings. The molecule has 7 heteroatoms. The lowest BCUT2D eigenvalue weighted by Crippen LogP contribution is -2.27. The largest absolute Gasteiger partial charge is 0.444 e. The maximum atomic E-state index is 11.7. The van der Waals surface area contributed by atoms with Crippen molar-refractivity contribution < 1.29 is 14.6 Å². The number of aliphatic hydroxyl groups is 1. The quantitative estimate of drug-likeness (QED) is 0.874. The van der Waals surface area contributed by atoms with Gasteiger partial charge in [-0.2, -0.15) is 5.10 Å². The van der Waals surface area contributed by atoms with E-state index in [1.54, 1.807) is 44.8 Å². The fraction of sp³-hybridized carbons (Fsp3) is 0.462. The summed E-state index contributed by atoms with van der Waals surface area (Å²) in [6.45, 7) is 5.11. The van der Waals surface area contributed by atoms with Crippen LogP contribution in [0.5, 0.6) is 0 Å². The Morgan fingerprint density at radius 1 is 1.50 bits per heavy atom. The Balaban J connectivity index is 2.29. The summed E-state index contributed by atoms with van der Waals surface area (Å²) >= 11 is 0. The first-order valence-corrected chi connectivity index (χ1v) is 6.22. The molecule has 0 aliphatic carbocycles. The molecule has 0 saturated carbocycles. The first kappa shape index (κ1) is 14.3. The van der Waals surface area contributed by atoms with Gasteiger partial charge in [0.15, 0.2) is 0 Å². The minimum Gasteiger partial charge on any atom is -0.444 e. The standard InChI is InChI=1S/C13H18N4O3/c1-13(2,3)20-12(19)16-10-5-8-6-14-17(4)11(8)9(7-18)15-10/h5-6,18H,7H2,1-4H3,(H,15,16,19). The summed E-state index contributed by atoms with van der Waals surface area (Å²) in [7, 11) is 1.77. The summed E-state index contributed by atoms with van der Waals surface area (Å²) in [6.07, 6.45) is 1.06. The van der Waals surface area contributed by atoms with E-state index < -0.39 is 11.7 Å². The molecule has 7 nitrogen and oxygen atoms in total. The van der Waals surface area contributed by atoms with Crippen LogP contribution < -0.4 is 5.32 Å².